The molecular formula is C17H32IN3O. The molecule has 0 aromatic rings. The monoisotopic (exact) mass is 421 g/mol. The van der Waals surface area contributed by atoms with E-state index in [9.17, 15) is 0 Å². The van der Waals surface area contributed by atoms with E-state index in [0.717, 1.165) is 24.8 Å². The van der Waals surface area contributed by atoms with Crippen molar-refractivity contribution < 1.29 is 4.74 Å². The number of ether oxygens (including phenoxy) is 1. The Morgan fingerprint density at radius 2 is 1.95 bits per heavy atom. The van der Waals surface area contributed by atoms with Crippen LogP contribution in [0.4, 0.5) is 0 Å². The Bertz CT molecular complexity index is 358. The average molecular weight is 421 g/mol. The van der Waals surface area contributed by atoms with Crippen LogP contribution in [0.15, 0.2) is 4.99 Å². The molecule has 3 rings (SSSR count). The maximum atomic E-state index is 5.89. The fraction of sp³-hybridized carbons (Fsp3) is 0.941. The van der Waals surface area contributed by atoms with Crippen LogP contribution in [-0.4, -0.2) is 37.8 Å². The summed E-state index contributed by atoms with van der Waals surface area (Å²) in [5.41, 5.74) is 0. The van der Waals surface area contributed by atoms with Gasteiger partial charge in [0.25, 0.3) is 0 Å². The fourth-order valence-electron chi connectivity index (χ4n) is 4.23. The topological polar surface area (TPSA) is 45.7 Å². The average Bonchev–Trinajstić information content (AvgIpc) is 3.14. The van der Waals surface area contributed by atoms with E-state index in [1.165, 1.54) is 57.8 Å². The number of guanidine groups is 1. The zero-order valence-electron chi connectivity index (χ0n) is 13.9. The molecule has 3 unspecified atom stereocenters. The molecule has 0 radical (unpaired) electrons. The number of hydrogen-bond donors (Lipinski definition) is 2. The molecule has 1 aliphatic carbocycles. The van der Waals surface area contributed by atoms with Crippen LogP contribution in [0.25, 0.3) is 0 Å². The van der Waals surface area contributed by atoms with Gasteiger partial charge in [-0.3, -0.25) is 4.99 Å². The Hall–Kier alpha value is -0.0400. The van der Waals surface area contributed by atoms with Gasteiger partial charge in [-0.1, -0.05) is 32.1 Å². The first-order valence-electron chi connectivity index (χ1n) is 8.98. The second-order valence-corrected chi connectivity index (χ2v) is 7.01. The summed E-state index contributed by atoms with van der Waals surface area (Å²) in [5, 5.41) is 7.03. The second-order valence-electron chi connectivity index (χ2n) is 7.01. The van der Waals surface area contributed by atoms with Gasteiger partial charge in [0.2, 0.25) is 0 Å². The molecule has 0 spiro atoms. The normalized spacial score (nSPS) is 31.9. The molecule has 2 bridgehead atoms. The van der Waals surface area contributed by atoms with Crippen molar-refractivity contribution in [1.29, 1.82) is 0 Å². The van der Waals surface area contributed by atoms with Crippen molar-refractivity contribution in [2.75, 3.05) is 13.6 Å². The molecule has 3 fully saturated rings. The number of hydrogen-bond acceptors (Lipinski definition) is 2. The molecular weight excluding hydrogens is 389 g/mol. The Kier molecular flexibility index (Phi) is 7.74. The lowest BCUT2D eigenvalue weighted by Crippen LogP contribution is -2.47. The first-order chi connectivity index (χ1) is 10.3. The van der Waals surface area contributed by atoms with Crippen LogP contribution in [0.2, 0.25) is 0 Å². The summed E-state index contributed by atoms with van der Waals surface area (Å²) in [5.74, 6) is 1.94. The van der Waals surface area contributed by atoms with Gasteiger partial charge < -0.3 is 15.4 Å². The molecule has 2 aliphatic heterocycles. The van der Waals surface area contributed by atoms with Crippen molar-refractivity contribution in [3.63, 3.8) is 0 Å². The van der Waals surface area contributed by atoms with Crippen LogP contribution in [0.3, 0.4) is 0 Å². The van der Waals surface area contributed by atoms with Crippen molar-refractivity contribution >= 4 is 29.9 Å². The standard InChI is InChI=1S/C17H31N3O.HI/c1-18-17(20-15-12-14-9-10-16(15)21-14)19-11-5-8-13-6-3-2-4-7-13;/h13-16H,2-12H2,1H3,(H2,18,19,20);1H. The summed E-state index contributed by atoms with van der Waals surface area (Å²) in [6, 6.07) is 0.466. The maximum Gasteiger partial charge on any atom is 0.191 e. The molecule has 3 aliphatic rings. The van der Waals surface area contributed by atoms with Gasteiger partial charge in [0, 0.05) is 13.6 Å². The van der Waals surface area contributed by atoms with E-state index in [1.54, 1.807) is 0 Å². The molecule has 2 saturated heterocycles. The molecule has 0 aromatic carbocycles. The number of aliphatic imine (C=N–C) groups is 1. The first-order valence-corrected chi connectivity index (χ1v) is 8.98. The summed E-state index contributed by atoms with van der Waals surface area (Å²) in [6.45, 7) is 1.04. The number of halogens is 1. The second kappa shape index (κ2) is 9.30. The van der Waals surface area contributed by atoms with Gasteiger partial charge in [-0.15, -0.1) is 24.0 Å². The Morgan fingerprint density at radius 3 is 2.59 bits per heavy atom. The molecule has 2 heterocycles. The Labute approximate surface area is 152 Å². The lowest BCUT2D eigenvalue weighted by Gasteiger charge is -2.23. The number of rotatable bonds is 5. The van der Waals surface area contributed by atoms with Crippen LogP contribution in [0.5, 0.6) is 0 Å². The lowest BCUT2D eigenvalue weighted by molar-refractivity contribution is 0.0992. The van der Waals surface area contributed by atoms with Crippen molar-refractivity contribution in [3.05, 3.63) is 0 Å². The number of fused-ring (bicyclic) bond motifs is 2. The van der Waals surface area contributed by atoms with Crippen molar-refractivity contribution in [2.24, 2.45) is 10.9 Å². The quantitative estimate of drug-likeness (QED) is 0.309. The largest absolute Gasteiger partial charge is 0.373 e. The highest BCUT2D eigenvalue weighted by Gasteiger charge is 2.41. The minimum Gasteiger partial charge on any atom is -0.373 e. The molecule has 5 heteroatoms. The van der Waals surface area contributed by atoms with Gasteiger partial charge in [0.05, 0.1) is 18.2 Å². The molecule has 1 saturated carbocycles. The van der Waals surface area contributed by atoms with Crippen molar-refractivity contribution in [1.82, 2.24) is 10.6 Å². The zero-order chi connectivity index (χ0) is 14.5. The third-order valence-corrected chi connectivity index (χ3v) is 5.46. The SMILES string of the molecule is CN=C(NCCCC1CCCCC1)NC1CC2CCC1O2.I. The predicted molar refractivity (Wildman–Crippen MR) is 102 cm³/mol. The van der Waals surface area contributed by atoms with Crippen LogP contribution >= 0.6 is 24.0 Å². The number of nitrogens with zero attached hydrogens (tertiary/aromatic N) is 1. The van der Waals surface area contributed by atoms with E-state index < -0.39 is 0 Å². The van der Waals surface area contributed by atoms with Crippen LogP contribution in [0.1, 0.15) is 64.2 Å². The molecule has 0 aromatic heterocycles. The lowest BCUT2D eigenvalue weighted by atomic mass is 9.86. The Balaban J connectivity index is 0.00000176. The van der Waals surface area contributed by atoms with E-state index in [2.05, 4.69) is 15.6 Å². The van der Waals surface area contributed by atoms with Gasteiger partial charge in [0.15, 0.2) is 5.96 Å². The Morgan fingerprint density at radius 1 is 1.14 bits per heavy atom. The third kappa shape index (κ3) is 4.98. The van der Waals surface area contributed by atoms with Crippen LogP contribution in [-0.2, 0) is 4.74 Å². The van der Waals surface area contributed by atoms with E-state index in [-0.39, 0.29) is 24.0 Å². The minimum atomic E-state index is 0. The summed E-state index contributed by atoms with van der Waals surface area (Å²) >= 11 is 0. The summed E-state index contributed by atoms with van der Waals surface area (Å²) in [6.07, 6.45) is 14.4. The van der Waals surface area contributed by atoms with Gasteiger partial charge in [-0.25, -0.2) is 0 Å². The first kappa shape index (κ1) is 18.3. The van der Waals surface area contributed by atoms with Gasteiger partial charge in [0.1, 0.15) is 0 Å². The predicted octanol–water partition coefficient (Wildman–Crippen LogP) is 3.45. The maximum absolute atomic E-state index is 5.89. The van der Waals surface area contributed by atoms with Crippen molar-refractivity contribution in [3.8, 4) is 0 Å². The highest BCUT2D eigenvalue weighted by Crippen LogP contribution is 2.34. The minimum absolute atomic E-state index is 0. The highest BCUT2D eigenvalue weighted by molar-refractivity contribution is 14.0. The third-order valence-electron chi connectivity index (χ3n) is 5.46. The molecule has 3 atom stereocenters. The van der Waals surface area contributed by atoms with Crippen LogP contribution < -0.4 is 10.6 Å². The van der Waals surface area contributed by atoms with E-state index in [1.807, 2.05) is 7.05 Å². The van der Waals surface area contributed by atoms with Crippen LogP contribution in [0, 0.1) is 5.92 Å². The van der Waals surface area contributed by atoms with E-state index >= 15 is 0 Å². The van der Waals surface area contributed by atoms with Gasteiger partial charge in [-0.2, -0.15) is 0 Å². The summed E-state index contributed by atoms with van der Waals surface area (Å²) in [7, 11) is 1.87. The van der Waals surface area contributed by atoms with Crippen molar-refractivity contribution in [2.45, 2.75) is 82.5 Å². The molecule has 22 heavy (non-hydrogen) atoms. The molecule has 128 valence electrons. The van der Waals surface area contributed by atoms with Gasteiger partial charge >= 0.3 is 0 Å². The smallest absolute Gasteiger partial charge is 0.191 e. The van der Waals surface area contributed by atoms with E-state index in [4.69, 9.17) is 4.74 Å². The molecule has 4 nitrogen and oxygen atoms in total. The fourth-order valence-corrected chi connectivity index (χ4v) is 4.23. The molecule has 0 amide bonds. The molecule has 2 N–H and O–H groups in total. The van der Waals surface area contributed by atoms with E-state index in [0.29, 0.717) is 18.2 Å². The highest BCUT2D eigenvalue weighted by atomic mass is 127. The summed E-state index contributed by atoms with van der Waals surface area (Å²) in [4.78, 5) is 4.36. The zero-order valence-corrected chi connectivity index (χ0v) is 16.2. The number of nitrogens with one attached hydrogen (secondary N) is 2. The summed E-state index contributed by atoms with van der Waals surface area (Å²) < 4.78 is 5.89. The van der Waals surface area contributed by atoms with Gasteiger partial charge in [-0.05, 0) is 38.0 Å².